The summed E-state index contributed by atoms with van der Waals surface area (Å²) in [5, 5.41) is 19.6. The predicted molar refractivity (Wildman–Crippen MR) is 50.7 cm³/mol. The zero-order valence-corrected chi connectivity index (χ0v) is 7.25. The summed E-state index contributed by atoms with van der Waals surface area (Å²) in [4.78, 5) is 0. The van der Waals surface area contributed by atoms with Crippen LogP contribution in [0.5, 0.6) is 0 Å². The Balaban J connectivity index is 2.18. The average molecular weight is 190 g/mol. The van der Waals surface area contributed by atoms with Crippen LogP contribution in [0.25, 0.3) is 6.08 Å². The predicted octanol–water partition coefficient (Wildman–Crippen LogP) is 1.85. The lowest BCUT2D eigenvalue weighted by Gasteiger charge is -2.25. The Morgan fingerprint density at radius 1 is 1.43 bits per heavy atom. The number of rotatable bonds is 1. The van der Waals surface area contributed by atoms with E-state index in [0.29, 0.717) is 0 Å². The molecule has 2 atom stereocenters. The third-order valence-electron chi connectivity index (χ3n) is 2.61. The molecule has 4 nitrogen and oxygen atoms in total. The molecule has 1 saturated heterocycles. The van der Waals surface area contributed by atoms with E-state index in [9.17, 15) is 5.21 Å². The molecular weight excluding hydrogens is 182 g/mol. The monoisotopic (exact) mass is 190 g/mol. The van der Waals surface area contributed by atoms with E-state index in [1.54, 1.807) is 12.1 Å². The number of hydrogen-bond donors (Lipinski definition) is 1. The van der Waals surface area contributed by atoms with Gasteiger partial charge in [-0.05, 0) is 11.6 Å². The highest BCUT2D eigenvalue weighted by Crippen LogP contribution is 2.46. The molecule has 1 aromatic rings. The third kappa shape index (κ3) is 0.988. The van der Waals surface area contributed by atoms with Crippen LogP contribution >= 0.6 is 0 Å². The van der Waals surface area contributed by atoms with Gasteiger partial charge in [0.2, 0.25) is 0 Å². The van der Waals surface area contributed by atoms with Gasteiger partial charge < -0.3 is 15.2 Å². The molecule has 1 heterocycles. The normalized spacial score (nSPS) is 26.7. The van der Waals surface area contributed by atoms with Gasteiger partial charge in [-0.2, -0.15) is 0 Å². The Morgan fingerprint density at radius 2 is 2.29 bits per heavy atom. The van der Waals surface area contributed by atoms with Crippen LogP contribution < -0.4 is 5.23 Å². The summed E-state index contributed by atoms with van der Waals surface area (Å²) in [6, 6.07) is 5.24. The zero-order chi connectivity index (χ0) is 9.71. The fourth-order valence-electron chi connectivity index (χ4n) is 1.88. The lowest BCUT2D eigenvalue weighted by molar-refractivity contribution is 0.296. The maximum atomic E-state index is 10.8. The van der Waals surface area contributed by atoms with Crippen molar-refractivity contribution < 1.29 is 9.94 Å². The van der Waals surface area contributed by atoms with Gasteiger partial charge in [-0.15, -0.1) is 0 Å². The number of epoxide rings is 1. The number of nitrogens with zero attached hydrogens (tertiary/aromatic N) is 1. The first-order chi connectivity index (χ1) is 6.77. The number of benzene rings is 1. The molecule has 1 fully saturated rings. The van der Waals surface area contributed by atoms with Crippen LogP contribution in [-0.2, 0) is 4.74 Å². The van der Waals surface area contributed by atoms with Crippen molar-refractivity contribution >= 4 is 11.8 Å². The molecule has 0 saturated carbocycles. The van der Waals surface area contributed by atoms with Crippen molar-refractivity contribution in [2.75, 3.05) is 5.23 Å². The number of ether oxygens (including phenoxy) is 1. The molecule has 0 amide bonds. The number of hydrogen-bond acceptors (Lipinski definition) is 4. The molecule has 72 valence electrons. The highest BCUT2D eigenvalue weighted by atomic mass is 16.8. The van der Waals surface area contributed by atoms with Crippen molar-refractivity contribution in [3.8, 4) is 0 Å². The van der Waals surface area contributed by atoms with Gasteiger partial charge in [0.15, 0.2) is 0 Å². The second-order valence-electron chi connectivity index (χ2n) is 3.43. The van der Waals surface area contributed by atoms with E-state index < -0.39 is 0 Å². The summed E-state index contributed by atoms with van der Waals surface area (Å²) in [5.41, 5.74) is 2.00. The standard InChI is InChI=1S/C10H8NO3/c12-11(13)8-3-1-2-7-6(8)4-5-9-10(7)14-9/h1-5,9-10,12H/q-1. The van der Waals surface area contributed by atoms with Gasteiger partial charge in [-0.25, -0.2) is 0 Å². The summed E-state index contributed by atoms with van der Waals surface area (Å²) in [6.45, 7) is 0. The number of anilines is 1. The molecule has 0 aromatic heterocycles. The van der Waals surface area contributed by atoms with Crippen LogP contribution in [0.2, 0.25) is 0 Å². The minimum atomic E-state index is -0.105. The lowest BCUT2D eigenvalue weighted by Crippen LogP contribution is -2.10. The average Bonchev–Trinajstić information content (AvgIpc) is 2.95. The van der Waals surface area contributed by atoms with Crippen LogP contribution in [0, 0.1) is 5.21 Å². The quantitative estimate of drug-likeness (QED) is 0.542. The second-order valence-corrected chi connectivity index (χ2v) is 3.43. The molecule has 2 aliphatic rings. The molecule has 2 unspecified atom stereocenters. The fraction of sp³-hybridized carbons (Fsp3) is 0.200. The van der Waals surface area contributed by atoms with Gasteiger partial charge in [-0.1, -0.05) is 24.3 Å². The van der Waals surface area contributed by atoms with Gasteiger partial charge in [0.1, 0.15) is 12.2 Å². The smallest absolute Gasteiger partial charge is 0.114 e. The van der Waals surface area contributed by atoms with Gasteiger partial charge in [0, 0.05) is 5.56 Å². The van der Waals surface area contributed by atoms with Gasteiger partial charge in [0.25, 0.3) is 0 Å². The van der Waals surface area contributed by atoms with Crippen molar-refractivity contribution in [1.29, 1.82) is 0 Å². The van der Waals surface area contributed by atoms with Gasteiger partial charge in [-0.3, -0.25) is 5.21 Å². The van der Waals surface area contributed by atoms with Crippen molar-refractivity contribution in [1.82, 2.24) is 0 Å². The molecule has 4 heteroatoms. The minimum absolute atomic E-state index is 0.0786. The van der Waals surface area contributed by atoms with Gasteiger partial charge in [0.05, 0.1) is 5.69 Å². The highest BCUT2D eigenvalue weighted by Gasteiger charge is 2.41. The summed E-state index contributed by atoms with van der Waals surface area (Å²) >= 11 is 0. The van der Waals surface area contributed by atoms with E-state index >= 15 is 0 Å². The molecule has 14 heavy (non-hydrogen) atoms. The molecule has 3 rings (SSSR count). The molecule has 0 radical (unpaired) electrons. The van der Waals surface area contributed by atoms with E-state index in [4.69, 9.17) is 9.94 Å². The van der Waals surface area contributed by atoms with Crippen LogP contribution in [0.15, 0.2) is 24.3 Å². The second kappa shape index (κ2) is 2.57. The fourth-order valence-corrected chi connectivity index (χ4v) is 1.88. The lowest BCUT2D eigenvalue weighted by atomic mass is 9.96. The molecule has 1 aliphatic carbocycles. The molecule has 0 bridgehead atoms. The van der Waals surface area contributed by atoms with E-state index in [0.717, 1.165) is 11.1 Å². The molecular formula is C10H8NO3-. The Bertz CT molecular complexity index is 414. The maximum absolute atomic E-state index is 10.8. The van der Waals surface area contributed by atoms with E-state index in [1.165, 1.54) is 0 Å². The van der Waals surface area contributed by atoms with Crippen molar-refractivity contribution in [2.24, 2.45) is 0 Å². The minimum Gasteiger partial charge on any atom is -0.733 e. The van der Waals surface area contributed by atoms with Crippen LogP contribution in [0.3, 0.4) is 0 Å². The summed E-state index contributed by atoms with van der Waals surface area (Å²) < 4.78 is 5.35. The summed E-state index contributed by atoms with van der Waals surface area (Å²) in [7, 11) is 0. The first-order valence-corrected chi connectivity index (χ1v) is 4.40. The Kier molecular flexibility index (Phi) is 1.47. The molecule has 1 aliphatic heterocycles. The largest absolute Gasteiger partial charge is 0.733 e. The van der Waals surface area contributed by atoms with Crippen LogP contribution in [-0.4, -0.2) is 11.3 Å². The first kappa shape index (κ1) is 7.99. The highest BCUT2D eigenvalue weighted by molar-refractivity contribution is 5.73. The first-order valence-electron chi connectivity index (χ1n) is 4.40. The van der Waals surface area contributed by atoms with Gasteiger partial charge >= 0.3 is 0 Å². The van der Waals surface area contributed by atoms with Crippen LogP contribution in [0.4, 0.5) is 5.69 Å². The molecule has 1 aromatic carbocycles. The molecule has 0 spiro atoms. The van der Waals surface area contributed by atoms with E-state index in [2.05, 4.69) is 0 Å². The third-order valence-corrected chi connectivity index (χ3v) is 2.61. The summed E-state index contributed by atoms with van der Waals surface area (Å²) in [6.07, 6.45) is 3.96. The van der Waals surface area contributed by atoms with E-state index in [1.807, 2.05) is 18.2 Å². The Labute approximate surface area is 80.6 Å². The molecule has 1 N–H and O–H groups in total. The van der Waals surface area contributed by atoms with Crippen molar-refractivity contribution in [3.05, 3.63) is 40.6 Å². The number of fused-ring (bicyclic) bond motifs is 3. The Morgan fingerprint density at radius 3 is 3.07 bits per heavy atom. The topological polar surface area (TPSA) is 59.1 Å². The van der Waals surface area contributed by atoms with E-state index in [-0.39, 0.29) is 23.1 Å². The summed E-state index contributed by atoms with van der Waals surface area (Å²) in [5.74, 6) is 0. The van der Waals surface area contributed by atoms with Crippen molar-refractivity contribution in [3.63, 3.8) is 0 Å². The van der Waals surface area contributed by atoms with Crippen molar-refractivity contribution in [2.45, 2.75) is 12.2 Å². The Hall–Kier alpha value is -1.36. The zero-order valence-electron chi connectivity index (χ0n) is 7.25. The SMILES string of the molecule is [O-]N(O)c1cccc2c1C=CC1OC21. The maximum Gasteiger partial charge on any atom is 0.114 e. The van der Waals surface area contributed by atoms with Crippen LogP contribution in [0.1, 0.15) is 17.2 Å².